The second kappa shape index (κ2) is 6.19. The van der Waals surface area contributed by atoms with Crippen LogP contribution in [-0.4, -0.2) is 32.3 Å². The van der Waals surface area contributed by atoms with Crippen LogP contribution in [0.4, 0.5) is 0 Å². The molecule has 1 amide bonds. The minimum atomic E-state index is -0.661. The number of carbonyl (C=O) groups excluding carboxylic acids is 1. The molecule has 0 unspecified atom stereocenters. The molecule has 1 N–H and O–H groups in total. The highest BCUT2D eigenvalue weighted by Crippen LogP contribution is 2.20. The Kier molecular flexibility index (Phi) is 4.11. The van der Waals surface area contributed by atoms with Crippen LogP contribution in [-0.2, 0) is 4.74 Å². The molecule has 6 heteroatoms. The van der Waals surface area contributed by atoms with E-state index in [4.69, 9.17) is 13.9 Å². The van der Waals surface area contributed by atoms with Crippen LogP contribution in [0.1, 0.15) is 23.2 Å². The van der Waals surface area contributed by atoms with Gasteiger partial charge in [0.25, 0.3) is 5.91 Å². The van der Waals surface area contributed by atoms with E-state index >= 15 is 0 Å². The number of fused-ring (bicyclic) bond motifs is 1. The third-order valence-corrected chi connectivity index (χ3v) is 3.70. The van der Waals surface area contributed by atoms with E-state index in [0.717, 1.165) is 19.4 Å². The zero-order chi connectivity index (χ0) is 15.5. The summed E-state index contributed by atoms with van der Waals surface area (Å²) in [6.45, 7) is 1.12. The number of hydrogen-bond donors (Lipinski definition) is 1. The van der Waals surface area contributed by atoms with Gasteiger partial charge in [-0.1, -0.05) is 0 Å². The Morgan fingerprint density at radius 1 is 1.41 bits per heavy atom. The fraction of sp³-hybridized carbons (Fsp3) is 0.375. The molecule has 1 aromatic carbocycles. The van der Waals surface area contributed by atoms with Gasteiger partial charge in [-0.25, -0.2) is 4.79 Å². The van der Waals surface area contributed by atoms with Gasteiger partial charge in [0, 0.05) is 24.6 Å². The monoisotopic (exact) mass is 303 g/mol. The first-order valence-electron chi connectivity index (χ1n) is 7.19. The molecule has 2 heterocycles. The molecule has 22 heavy (non-hydrogen) atoms. The lowest BCUT2D eigenvalue weighted by atomic mass is 10.1. The van der Waals surface area contributed by atoms with Gasteiger partial charge in [-0.15, -0.1) is 0 Å². The molecule has 2 aromatic rings. The maximum absolute atomic E-state index is 12.1. The fourth-order valence-corrected chi connectivity index (χ4v) is 2.48. The van der Waals surface area contributed by atoms with Gasteiger partial charge in [0.05, 0.1) is 13.2 Å². The van der Waals surface area contributed by atoms with Crippen molar-refractivity contribution in [3.05, 3.63) is 40.2 Å². The molecule has 0 spiro atoms. The van der Waals surface area contributed by atoms with Crippen molar-refractivity contribution >= 4 is 16.9 Å². The summed E-state index contributed by atoms with van der Waals surface area (Å²) < 4.78 is 15.7. The normalized spacial score (nSPS) is 17.6. The summed E-state index contributed by atoms with van der Waals surface area (Å²) in [6, 6.07) is 6.64. The Balaban J connectivity index is 1.81. The maximum atomic E-state index is 12.1. The zero-order valence-electron chi connectivity index (χ0n) is 12.3. The van der Waals surface area contributed by atoms with Crippen molar-refractivity contribution in [3.63, 3.8) is 0 Å². The van der Waals surface area contributed by atoms with Crippen LogP contribution < -0.4 is 15.7 Å². The highest BCUT2D eigenvalue weighted by molar-refractivity contribution is 5.96. The molecule has 1 atom stereocenters. The molecule has 1 aliphatic rings. The summed E-state index contributed by atoms with van der Waals surface area (Å²) in [5, 5.41) is 3.39. The number of carbonyl (C=O) groups is 1. The lowest BCUT2D eigenvalue weighted by Gasteiger charge is -2.10. The van der Waals surface area contributed by atoms with Crippen LogP contribution in [0, 0.1) is 0 Å². The van der Waals surface area contributed by atoms with Crippen molar-refractivity contribution in [1.82, 2.24) is 5.32 Å². The third kappa shape index (κ3) is 2.96. The van der Waals surface area contributed by atoms with Crippen LogP contribution in [0.25, 0.3) is 11.0 Å². The largest absolute Gasteiger partial charge is 0.497 e. The van der Waals surface area contributed by atoms with Crippen LogP contribution >= 0.6 is 0 Å². The Morgan fingerprint density at radius 2 is 2.27 bits per heavy atom. The van der Waals surface area contributed by atoms with Crippen molar-refractivity contribution in [2.24, 2.45) is 0 Å². The number of rotatable bonds is 4. The molecular formula is C16H17NO5. The van der Waals surface area contributed by atoms with Crippen LogP contribution in [0.2, 0.25) is 0 Å². The van der Waals surface area contributed by atoms with E-state index in [1.165, 1.54) is 13.2 Å². The minimum absolute atomic E-state index is 0.00402. The lowest BCUT2D eigenvalue weighted by Crippen LogP contribution is -2.34. The second-order valence-corrected chi connectivity index (χ2v) is 5.20. The van der Waals surface area contributed by atoms with E-state index in [9.17, 15) is 9.59 Å². The second-order valence-electron chi connectivity index (χ2n) is 5.20. The Labute approximate surface area is 127 Å². The summed E-state index contributed by atoms with van der Waals surface area (Å²) >= 11 is 0. The number of nitrogens with one attached hydrogen (secondary N) is 1. The van der Waals surface area contributed by atoms with Crippen LogP contribution in [0.15, 0.2) is 33.5 Å². The van der Waals surface area contributed by atoms with E-state index < -0.39 is 11.5 Å². The first-order valence-corrected chi connectivity index (χ1v) is 7.19. The predicted octanol–water partition coefficient (Wildman–Crippen LogP) is 1.71. The van der Waals surface area contributed by atoms with Crippen LogP contribution in [0.3, 0.4) is 0 Å². The first kappa shape index (κ1) is 14.6. The summed E-state index contributed by atoms with van der Waals surface area (Å²) in [7, 11) is 1.53. The number of ether oxygens (including phenoxy) is 2. The standard InChI is InChI=1S/C16H17NO5/c1-20-11-5-4-10-7-13(16(19)22-14(10)8-11)15(18)17-9-12-3-2-6-21-12/h4-5,7-8,12H,2-3,6,9H2,1H3,(H,17,18)/t12-/m0/s1. The Morgan fingerprint density at radius 3 is 3.00 bits per heavy atom. The molecule has 1 aliphatic heterocycles. The maximum Gasteiger partial charge on any atom is 0.349 e. The van der Waals surface area contributed by atoms with E-state index in [1.807, 2.05) is 0 Å². The van der Waals surface area contributed by atoms with Crippen molar-refractivity contribution in [1.29, 1.82) is 0 Å². The summed E-state index contributed by atoms with van der Waals surface area (Å²) in [4.78, 5) is 24.1. The number of benzene rings is 1. The molecule has 6 nitrogen and oxygen atoms in total. The topological polar surface area (TPSA) is 77.8 Å². The minimum Gasteiger partial charge on any atom is -0.497 e. The van der Waals surface area contributed by atoms with Gasteiger partial charge in [0.15, 0.2) is 0 Å². The predicted molar refractivity (Wildman–Crippen MR) is 80.3 cm³/mol. The molecule has 116 valence electrons. The van der Waals surface area contributed by atoms with Crippen LogP contribution in [0.5, 0.6) is 5.75 Å². The van der Waals surface area contributed by atoms with Gasteiger partial charge in [-0.3, -0.25) is 4.79 Å². The average molecular weight is 303 g/mol. The van der Waals surface area contributed by atoms with Crippen molar-refractivity contribution in [2.45, 2.75) is 18.9 Å². The smallest absolute Gasteiger partial charge is 0.349 e. The number of hydrogen-bond acceptors (Lipinski definition) is 5. The molecule has 0 saturated carbocycles. The van der Waals surface area contributed by atoms with Gasteiger partial charge in [0.2, 0.25) is 0 Å². The average Bonchev–Trinajstić information content (AvgIpc) is 3.04. The molecule has 0 radical (unpaired) electrons. The Hall–Kier alpha value is -2.34. The van der Waals surface area contributed by atoms with E-state index in [0.29, 0.717) is 23.3 Å². The van der Waals surface area contributed by atoms with Crippen molar-refractivity contribution < 1.29 is 18.7 Å². The molecular weight excluding hydrogens is 286 g/mol. The summed E-state index contributed by atoms with van der Waals surface area (Å²) in [5.41, 5.74) is -0.277. The van der Waals surface area contributed by atoms with Crippen molar-refractivity contribution in [2.75, 3.05) is 20.3 Å². The molecule has 1 aromatic heterocycles. The highest BCUT2D eigenvalue weighted by atomic mass is 16.5. The molecule has 1 fully saturated rings. The van der Waals surface area contributed by atoms with Gasteiger partial charge in [-0.2, -0.15) is 0 Å². The summed E-state index contributed by atoms with van der Waals surface area (Å²) in [6.07, 6.45) is 1.95. The van der Waals surface area contributed by atoms with Gasteiger partial charge < -0.3 is 19.2 Å². The van der Waals surface area contributed by atoms with Gasteiger partial charge >= 0.3 is 5.63 Å². The molecule has 0 bridgehead atoms. The van der Waals surface area contributed by atoms with Gasteiger partial charge in [-0.05, 0) is 31.0 Å². The first-order chi connectivity index (χ1) is 10.7. The SMILES string of the molecule is COc1ccc2cc(C(=O)NC[C@@H]3CCCO3)c(=O)oc2c1. The zero-order valence-corrected chi connectivity index (χ0v) is 12.3. The van der Waals surface area contributed by atoms with Crippen molar-refractivity contribution in [3.8, 4) is 5.75 Å². The van der Waals surface area contributed by atoms with E-state index in [1.54, 1.807) is 18.2 Å². The number of methoxy groups -OCH3 is 1. The molecule has 1 saturated heterocycles. The lowest BCUT2D eigenvalue weighted by molar-refractivity contribution is 0.0855. The highest BCUT2D eigenvalue weighted by Gasteiger charge is 2.19. The fourth-order valence-electron chi connectivity index (χ4n) is 2.48. The molecule has 3 rings (SSSR count). The molecule has 0 aliphatic carbocycles. The van der Waals surface area contributed by atoms with E-state index in [2.05, 4.69) is 5.32 Å². The summed E-state index contributed by atoms with van der Waals surface area (Å²) in [5.74, 6) is 0.146. The van der Waals surface area contributed by atoms with E-state index in [-0.39, 0.29) is 11.7 Å². The number of amides is 1. The third-order valence-electron chi connectivity index (χ3n) is 3.70. The quantitative estimate of drug-likeness (QED) is 0.870. The van der Waals surface area contributed by atoms with Gasteiger partial charge in [0.1, 0.15) is 16.9 Å². The Bertz CT molecular complexity index is 746.